The van der Waals surface area contributed by atoms with Crippen LogP contribution >= 0.6 is 11.8 Å². The maximum atomic E-state index is 3.74. The van der Waals surface area contributed by atoms with E-state index in [0.717, 1.165) is 0 Å². The lowest BCUT2D eigenvalue weighted by molar-refractivity contribution is 0.426. The molecule has 0 aliphatic heterocycles. The fourth-order valence-electron chi connectivity index (χ4n) is 2.02. The summed E-state index contributed by atoms with van der Waals surface area (Å²) in [6, 6.07) is 1.40. The topological polar surface area (TPSA) is 12.0 Å². The van der Waals surface area contributed by atoms with Crippen molar-refractivity contribution in [3.8, 4) is 0 Å². The Morgan fingerprint density at radius 3 is 2.31 bits per heavy atom. The average molecular weight is 245 g/mol. The number of unbranched alkanes of at least 4 members (excludes halogenated alkanes) is 4. The van der Waals surface area contributed by atoms with E-state index in [2.05, 4.69) is 32.3 Å². The third kappa shape index (κ3) is 9.53. The molecular weight excluding hydrogens is 214 g/mol. The molecule has 0 heterocycles. The van der Waals surface area contributed by atoms with Gasteiger partial charge in [-0.25, -0.2) is 0 Å². The summed E-state index contributed by atoms with van der Waals surface area (Å²) in [7, 11) is 0. The van der Waals surface area contributed by atoms with Crippen molar-refractivity contribution < 1.29 is 0 Å². The van der Waals surface area contributed by atoms with Crippen LogP contribution < -0.4 is 5.32 Å². The van der Waals surface area contributed by atoms with Crippen LogP contribution in [0.4, 0.5) is 0 Å². The van der Waals surface area contributed by atoms with Crippen molar-refractivity contribution >= 4 is 11.8 Å². The van der Waals surface area contributed by atoms with Crippen LogP contribution in [0.3, 0.4) is 0 Å². The number of hydrogen-bond acceptors (Lipinski definition) is 2. The van der Waals surface area contributed by atoms with E-state index >= 15 is 0 Å². The fraction of sp³-hybridized carbons (Fsp3) is 1.00. The second kappa shape index (κ2) is 11.8. The van der Waals surface area contributed by atoms with Crippen LogP contribution in [0.15, 0.2) is 0 Å². The highest BCUT2D eigenvalue weighted by molar-refractivity contribution is 7.98. The number of rotatable bonds is 11. The molecule has 0 bridgehead atoms. The lowest BCUT2D eigenvalue weighted by Crippen LogP contribution is -2.37. The van der Waals surface area contributed by atoms with Crippen LogP contribution in [0.25, 0.3) is 0 Å². The quantitative estimate of drug-likeness (QED) is 0.539. The van der Waals surface area contributed by atoms with Gasteiger partial charge in [-0.15, -0.1) is 0 Å². The molecule has 0 fully saturated rings. The lowest BCUT2D eigenvalue weighted by atomic mass is 10.1. The molecule has 2 atom stereocenters. The van der Waals surface area contributed by atoms with E-state index < -0.39 is 0 Å². The summed E-state index contributed by atoms with van der Waals surface area (Å²) in [4.78, 5) is 0. The lowest BCUT2D eigenvalue weighted by Gasteiger charge is -2.21. The highest BCUT2D eigenvalue weighted by Crippen LogP contribution is 2.09. The van der Waals surface area contributed by atoms with Gasteiger partial charge in [-0.1, -0.05) is 46.0 Å². The molecular formula is C14H31NS. The highest BCUT2D eigenvalue weighted by Gasteiger charge is 2.08. The Kier molecular flexibility index (Phi) is 12.0. The van der Waals surface area contributed by atoms with Crippen molar-refractivity contribution in [1.82, 2.24) is 5.32 Å². The Hall–Kier alpha value is 0.310. The first-order chi connectivity index (χ1) is 7.74. The summed E-state index contributed by atoms with van der Waals surface area (Å²) in [6.45, 7) is 6.89. The maximum absolute atomic E-state index is 3.74. The summed E-state index contributed by atoms with van der Waals surface area (Å²) in [6.07, 6.45) is 11.8. The van der Waals surface area contributed by atoms with E-state index in [1.165, 1.54) is 50.7 Å². The number of nitrogens with one attached hydrogen (secondary N) is 1. The van der Waals surface area contributed by atoms with Gasteiger partial charge in [0.2, 0.25) is 0 Å². The molecule has 2 unspecified atom stereocenters. The first-order valence-corrected chi connectivity index (χ1v) is 8.38. The van der Waals surface area contributed by atoms with Gasteiger partial charge in [0, 0.05) is 17.8 Å². The van der Waals surface area contributed by atoms with Crippen LogP contribution in [-0.4, -0.2) is 24.1 Å². The average Bonchev–Trinajstić information content (AvgIpc) is 2.28. The zero-order chi connectivity index (χ0) is 12.2. The Labute approximate surface area is 107 Å². The van der Waals surface area contributed by atoms with Crippen LogP contribution in [0, 0.1) is 0 Å². The van der Waals surface area contributed by atoms with Gasteiger partial charge in [0.15, 0.2) is 0 Å². The van der Waals surface area contributed by atoms with E-state index in [0.29, 0.717) is 12.1 Å². The van der Waals surface area contributed by atoms with Gasteiger partial charge in [0.25, 0.3) is 0 Å². The molecule has 0 aliphatic rings. The SMILES string of the molecule is CCCCCCCC(C)NC(CC)CSC. The molecule has 2 heteroatoms. The molecule has 0 aromatic heterocycles. The molecule has 1 nitrogen and oxygen atoms in total. The maximum Gasteiger partial charge on any atom is 0.0157 e. The van der Waals surface area contributed by atoms with Crippen LogP contribution in [0.1, 0.15) is 65.7 Å². The molecule has 1 N–H and O–H groups in total. The normalized spacial score (nSPS) is 15.0. The molecule has 0 saturated heterocycles. The van der Waals surface area contributed by atoms with Crippen molar-refractivity contribution in [1.29, 1.82) is 0 Å². The van der Waals surface area contributed by atoms with Gasteiger partial charge in [-0.05, 0) is 26.0 Å². The summed E-state index contributed by atoms with van der Waals surface area (Å²) >= 11 is 1.95. The second-order valence-electron chi connectivity index (χ2n) is 4.83. The summed E-state index contributed by atoms with van der Waals surface area (Å²) in [5.74, 6) is 1.25. The van der Waals surface area contributed by atoms with Crippen molar-refractivity contribution in [2.75, 3.05) is 12.0 Å². The van der Waals surface area contributed by atoms with E-state index in [4.69, 9.17) is 0 Å². The van der Waals surface area contributed by atoms with Crippen LogP contribution in [0.2, 0.25) is 0 Å². The molecule has 16 heavy (non-hydrogen) atoms. The zero-order valence-electron chi connectivity index (χ0n) is 11.7. The highest BCUT2D eigenvalue weighted by atomic mass is 32.2. The van der Waals surface area contributed by atoms with Crippen molar-refractivity contribution in [3.05, 3.63) is 0 Å². The van der Waals surface area contributed by atoms with Gasteiger partial charge in [-0.2, -0.15) is 11.8 Å². The predicted octanol–water partition coefficient (Wildman–Crippen LogP) is 4.47. The van der Waals surface area contributed by atoms with Crippen molar-refractivity contribution in [2.45, 2.75) is 77.8 Å². The van der Waals surface area contributed by atoms with E-state index in [-0.39, 0.29) is 0 Å². The third-order valence-corrected chi connectivity index (χ3v) is 3.86. The molecule has 0 saturated carbocycles. The van der Waals surface area contributed by atoms with Gasteiger partial charge in [0.05, 0.1) is 0 Å². The minimum Gasteiger partial charge on any atom is -0.311 e. The third-order valence-electron chi connectivity index (χ3n) is 3.12. The van der Waals surface area contributed by atoms with Crippen LogP contribution in [-0.2, 0) is 0 Å². The minimum atomic E-state index is 0.693. The molecule has 0 rings (SSSR count). The standard InChI is InChI=1S/C14H31NS/c1-5-7-8-9-10-11-13(3)15-14(6-2)12-16-4/h13-15H,5-12H2,1-4H3. The second-order valence-corrected chi connectivity index (χ2v) is 5.74. The summed E-state index contributed by atoms with van der Waals surface area (Å²) in [5.41, 5.74) is 0. The largest absolute Gasteiger partial charge is 0.311 e. The first-order valence-electron chi connectivity index (χ1n) is 6.99. The predicted molar refractivity (Wildman–Crippen MR) is 78.4 cm³/mol. The monoisotopic (exact) mass is 245 g/mol. The van der Waals surface area contributed by atoms with E-state index in [1.807, 2.05) is 11.8 Å². The molecule has 0 aromatic carbocycles. The van der Waals surface area contributed by atoms with Crippen molar-refractivity contribution in [2.24, 2.45) is 0 Å². The van der Waals surface area contributed by atoms with Gasteiger partial charge in [0.1, 0.15) is 0 Å². The smallest absolute Gasteiger partial charge is 0.0157 e. The molecule has 0 amide bonds. The van der Waals surface area contributed by atoms with Gasteiger partial charge < -0.3 is 5.32 Å². The Morgan fingerprint density at radius 1 is 1.06 bits per heavy atom. The van der Waals surface area contributed by atoms with Crippen LogP contribution in [0.5, 0.6) is 0 Å². The Morgan fingerprint density at radius 2 is 1.75 bits per heavy atom. The fourth-order valence-corrected chi connectivity index (χ4v) is 2.76. The van der Waals surface area contributed by atoms with E-state index in [1.54, 1.807) is 0 Å². The van der Waals surface area contributed by atoms with Gasteiger partial charge >= 0.3 is 0 Å². The summed E-state index contributed by atoms with van der Waals surface area (Å²) < 4.78 is 0. The Balaban J connectivity index is 3.44. The summed E-state index contributed by atoms with van der Waals surface area (Å²) in [5, 5.41) is 3.74. The Bertz CT molecular complexity index is 139. The molecule has 0 spiro atoms. The molecule has 0 aromatic rings. The molecule has 98 valence electrons. The van der Waals surface area contributed by atoms with E-state index in [9.17, 15) is 0 Å². The zero-order valence-corrected chi connectivity index (χ0v) is 12.5. The number of hydrogen-bond donors (Lipinski definition) is 1. The van der Waals surface area contributed by atoms with Crippen molar-refractivity contribution in [3.63, 3.8) is 0 Å². The number of thioether (sulfide) groups is 1. The van der Waals surface area contributed by atoms with Gasteiger partial charge in [-0.3, -0.25) is 0 Å². The molecule has 0 aliphatic carbocycles. The minimum absolute atomic E-state index is 0.693. The molecule has 0 radical (unpaired) electrons. The first kappa shape index (κ1) is 16.3.